The van der Waals surface area contributed by atoms with Crippen molar-refractivity contribution in [1.82, 2.24) is 25.4 Å². The predicted molar refractivity (Wildman–Crippen MR) is 122 cm³/mol. The van der Waals surface area contributed by atoms with Crippen molar-refractivity contribution < 1.29 is 4.79 Å². The largest absolute Gasteiger partial charge is 0.289 e. The van der Waals surface area contributed by atoms with E-state index in [1.54, 1.807) is 12.1 Å². The Hall–Kier alpha value is -4.26. The van der Waals surface area contributed by atoms with Crippen LogP contribution in [0.5, 0.6) is 0 Å². The molecule has 0 radical (unpaired) electrons. The second-order valence-electron chi connectivity index (χ2n) is 6.95. The number of carbonyl (C=O) groups excluding carboxylic acids is 1. The van der Waals surface area contributed by atoms with E-state index in [2.05, 4.69) is 25.8 Å². The van der Waals surface area contributed by atoms with E-state index in [1.165, 1.54) is 6.21 Å². The van der Waals surface area contributed by atoms with E-state index in [4.69, 9.17) is 0 Å². The summed E-state index contributed by atoms with van der Waals surface area (Å²) in [6, 6.07) is 21.5. The second-order valence-corrected chi connectivity index (χ2v) is 6.95. The summed E-state index contributed by atoms with van der Waals surface area (Å²) in [6.07, 6.45) is 5.19. The number of hydrazone groups is 1. The molecule has 2 aromatic heterocycles. The number of carbonyl (C=O) groups is 1. The van der Waals surface area contributed by atoms with E-state index in [9.17, 15) is 4.79 Å². The number of aryl methyl sites for hydroxylation is 1. The zero-order valence-corrected chi connectivity index (χ0v) is 17.3. The Morgan fingerprint density at radius 1 is 1.06 bits per heavy atom. The summed E-state index contributed by atoms with van der Waals surface area (Å²) >= 11 is 0. The first-order valence-corrected chi connectivity index (χ1v) is 9.86. The summed E-state index contributed by atoms with van der Waals surface area (Å²) in [5.74, 6) is -0.367. The molecule has 1 amide bonds. The lowest BCUT2D eigenvalue weighted by Gasteiger charge is -2.04. The van der Waals surface area contributed by atoms with E-state index in [1.807, 2.05) is 85.3 Å². The van der Waals surface area contributed by atoms with Gasteiger partial charge in [-0.2, -0.15) is 15.3 Å². The fraction of sp³-hybridized carbons (Fsp3) is 0.0833. The van der Waals surface area contributed by atoms with Gasteiger partial charge in [0.15, 0.2) is 0 Å². The first kappa shape index (κ1) is 20.0. The molecule has 0 aliphatic heterocycles. The van der Waals surface area contributed by atoms with E-state index in [-0.39, 0.29) is 5.91 Å². The molecule has 2 heterocycles. The van der Waals surface area contributed by atoms with Gasteiger partial charge in [-0.15, -0.1) is 0 Å². The van der Waals surface area contributed by atoms with Gasteiger partial charge in [-0.05, 0) is 43.7 Å². The Bertz CT molecular complexity index is 1240. The lowest BCUT2D eigenvalue weighted by molar-refractivity contribution is 0.0950. The van der Waals surface area contributed by atoms with Gasteiger partial charge in [-0.1, -0.05) is 54.6 Å². The normalized spacial score (nSPS) is 11.4. The third-order valence-corrected chi connectivity index (χ3v) is 4.79. The average Bonchev–Trinajstić information content (AvgIpc) is 3.39. The van der Waals surface area contributed by atoms with Crippen molar-refractivity contribution in [1.29, 1.82) is 0 Å². The summed E-state index contributed by atoms with van der Waals surface area (Å²) in [7, 11) is 0. The summed E-state index contributed by atoms with van der Waals surface area (Å²) in [5, 5.41) is 15.7. The molecule has 7 nitrogen and oxygen atoms in total. The second kappa shape index (κ2) is 9.04. The van der Waals surface area contributed by atoms with Crippen molar-refractivity contribution in [3.8, 4) is 16.9 Å². The topological polar surface area (TPSA) is 88.0 Å². The molecule has 0 unspecified atom stereocenters. The molecule has 31 heavy (non-hydrogen) atoms. The van der Waals surface area contributed by atoms with E-state index < -0.39 is 0 Å². The summed E-state index contributed by atoms with van der Waals surface area (Å²) < 4.78 is 1.88. The highest BCUT2D eigenvalue weighted by Crippen LogP contribution is 2.27. The third kappa shape index (κ3) is 4.51. The van der Waals surface area contributed by atoms with Crippen molar-refractivity contribution in [2.24, 2.45) is 5.10 Å². The number of amides is 1. The third-order valence-electron chi connectivity index (χ3n) is 4.79. The molecule has 2 aromatic carbocycles. The number of allylic oxidation sites excluding steroid dienone is 1. The van der Waals surface area contributed by atoms with Crippen molar-refractivity contribution >= 4 is 18.2 Å². The minimum absolute atomic E-state index is 0.324. The molecule has 0 saturated heterocycles. The maximum Gasteiger partial charge on any atom is 0.289 e. The van der Waals surface area contributed by atoms with Crippen LogP contribution < -0.4 is 5.43 Å². The minimum atomic E-state index is -0.367. The highest BCUT2D eigenvalue weighted by atomic mass is 16.2. The van der Waals surface area contributed by atoms with Crippen LogP contribution in [0.2, 0.25) is 0 Å². The zero-order valence-electron chi connectivity index (χ0n) is 17.3. The van der Waals surface area contributed by atoms with Crippen LogP contribution in [0.25, 0.3) is 23.0 Å². The fourth-order valence-electron chi connectivity index (χ4n) is 3.32. The zero-order chi connectivity index (χ0) is 21.6. The van der Waals surface area contributed by atoms with Crippen molar-refractivity contribution in [2.45, 2.75) is 13.8 Å². The van der Waals surface area contributed by atoms with Gasteiger partial charge in [0.05, 0.1) is 22.8 Å². The Kier molecular flexibility index (Phi) is 5.84. The molecule has 0 spiro atoms. The molecule has 0 aliphatic carbocycles. The van der Waals surface area contributed by atoms with Crippen molar-refractivity contribution in [3.05, 3.63) is 95.5 Å². The summed E-state index contributed by atoms with van der Waals surface area (Å²) in [5.41, 5.74) is 8.20. The van der Waals surface area contributed by atoms with Gasteiger partial charge in [0.25, 0.3) is 5.91 Å². The van der Waals surface area contributed by atoms with Gasteiger partial charge < -0.3 is 0 Å². The maximum atomic E-state index is 12.4. The summed E-state index contributed by atoms with van der Waals surface area (Å²) in [6.45, 7) is 3.92. The number of para-hydroxylation sites is 1. The van der Waals surface area contributed by atoms with Crippen LogP contribution in [0.1, 0.15) is 27.4 Å². The lowest BCUT2D eigenvalue weighted by Crippen LogP contribution is -2.17. The number of benzene rings is 2. The van der Waals surface area contributed by atoms with Crippen LogP contribution >= 0.6 is 0 Å². The monoisotopic (exact) mass is 410 g/mol. The predicted octanol–water partition coefficient (Wildman–Crippen LogP) is 4.31. The maximum absolute atomic E-state index is 12.4. The first-order valence-electron chi connectivity index (χ1n) is 9.86. The fourth-order valence-corrected chi connectivity index (χ4v) is 3.32. The minimum Gasteiger partial charge on any atom is -0.272 e. The van der Waals surface area contributed by atoms with Crippen LogP contribution in [-0.2, 0) is 0 Å². The number of nitrogens with one attached hydrogen (secondary N) is 2. The molecular formula is C24H22N6O. The SMILES string of the molecule is Cc1nn(-c2ccccc2)c(C)c1-c1cc(C(=O)NN=CC=Cc2ccccc2)[nH]n1. The number of nitrogens with zero attached hydrogens (tertiary/aromatic N) is 4. The van der Waals surface area contributed by atoms with Crippen molar-refractivity contribution in [3.63, 3.8) is 0 Å². The molecular weight excluding hydrogens is 388 g/mol. The lowest BCUT2D eigenvalue weighted by atomic mass is 10.1. The molecule has 2 N–H and O–H groups in total. The number of aromatic amines is 1. The Morgan fingerprint density at radius 3 is 2.52 bits per heavy atom. The highest BCUT2D eigenvalue weighted by Gasteiger charge is 2.18. The van der Waals surface area contributed by atoms with Crippen LogP contribution in [0.15, 0.2) is 77.9 Å². The number of rotatable bonds is 6. The molecule has 0 bridgehead atoms. The Labute approximate surface area is 180 Å². The van der Waals surface area contributed by atoms with E-state index in [0.717, 1.165) is 28.2 Å². The molecule has 0 atom stereocenters. The first-order chi connectivity index (χ1) is 15.1. The van der Waals surface area contributed by atoms with Crippen LogP contribution in [0.3, 0.4) is 0 Å². The van der Waals surface area contributed by atoms with Crippen LogP contribution in [-0.4, -0.2) is 32.1 Å². The molecule has 154 valence electrons. The molecule has 0 aliphatic rings. The number of hydrogen-bond acceptors (Lipinski definition) is 4. The highest BCUT2D eigenvalue weighted by molar-refractivity contribution is 5.94. The number of aromatic nitrogens is 4. The Balaban J connectivity index is 1.46. The molecule has 0 fully saturated rings. The van der Waals surface area contributed by atoms with E-state index >= 15 is 0 Å². The van der Waals surface area contributed by atoms with Crippen molar-refractivity contribution in [2.75, 3.05) is 0 Å². The Morgan fingerprint density at radius 2 is 1.77 bits per heavy atom. The van der Waals surface area contributed by atoms with Gasteiger partial charge in [-0.25, -0.2) is 10.1 Å². The molecule has 0 saturated carbocycles. The standard InChI is InChI=1S/C24H22N6O/c1-17-23(18(2)30(29-17)20-13-7-4-8-14-20)21-16-22(27-26-21)24(31)28-25-15-9-12-19-10-5-3-6-11-19/h3-16H,1-2H3,(H,26,27)(H,28,31). The van der Waals surface area contributed by atoms with Gasteiger partial charge in [0.2, 0.25) is 0 Å². The smallest absolute Gasteiger partial charge is 0.272 e. The number of hydrogen-bond donors (Lipinski definition) is 2. The summed E-state index contributed by atoms with van der Waals surface area (Å²) in [4.78, 5) is 12.4. The number of H-pyrrole nitrogens is 1. The van der Waals surface area contributed by atoms with Gasteiger partial charge in [0.1, 0.15) is 5.69 Å². The van der Waals surface area contributed by atoms with Crippen LogP contribution in [0, 0.1) is 13.8 Å². The molecule has 4 aromatic rings. The average molecular weight is 410 g/mol. The van der Waals surface area contributed by atoms with Gasteiger partial charge in [0, 0.05) is 11.8 Å². The van der Waals surface area contributed by atoms with Gasteiger partial charge in [-0.3, -0.25) is 9.89 Å². The molecule has 4 rings (SSSR count). The van der Waals surface area contributed by atoms with Crippen LogP contribution in [0.4, 0.5) is 0 Å². The van der Waals surface area contributed by atoms with E-state index in [0.29, 0.717) is 11.4 Å². The molecule has 7 heteroatoms. The quantitative estimate of drug-likeness (QED) is 0.367. The van der Waals surface area contributed by atoms with Gasteiger partial charge >= 0.3 is 0 Å².